The van der Waals surface area contributed by atoms with Crippen LogP contribution in [0.2, 0.25) is 5.02 Å². The van der Waals surface area contributed by atoms with Gasteiger partial charge in [-0.1, -0.05) is 17.7 Å². The molecule has 1 heterocycles. The summed E-state index contributed by atoms with van der Waals surface area (Å²) in [6.45, 7) is -0.146. The lowest BCUT2D eigenvalue weighted by molar-refractivity contribution is -0.0884. The highest BCUT2D eigenvalue weighted by molar-refractivity contribution is 7.89. The fourth-order valence-corrected chi connectivity index (χ4v) is 4.80. The van der Waals surface area contributed by atoms with E-state index in [1.165, 1.54) is 36.4 Å². The summed E-state index contributed by atoms with van der Waals surface area (Å²) in [5, 5.41) is 15.4. The second kappa shape index (κ2) is 11.1. The number of rotatable bonds is 8. The maximum absolute atomic E-state index is 13.0. The van der Waals surface area contributed by atoms with Gasteiger partial charge in [0.25, 0.3) is 0 Å². The Labute approximate surface area is 191 Å². The van der Waals surface area contributed by atoms with E-state index in [9.17, 15) is 22.7 Å². The SMILES string of the molecule is O=C(Nc1ccc(F)cc1)N[C@H]1CC[C@@H](CCNS(=O)(=O)c2cccc(Cl)c2)O[C@@H]1CO. The number of hydrogen-bond donors (Lipinski definition) is 4. The fraction of sp³-hybridized carbons (Fsp3) is 0.381. The van der Waals surface area contributed by atoms with Crippen LogP contribution in [0.1, 0.15) is 19.3 Å². The van der Waals surface area contributed by atoms with E-state index in [0.29, 0.717) is 30.0 Å². The zero-order valence-electron chi connectivity index (χ0n) is 17.1. The number of amides is 2. The van der Waals surface area contributed by atoms with Crippen LogP contribution in [0.25, 0.3) is 0 Å². The van der Waals surface area contributed by atoms with Crippen LogP contribution in [0.4, 0.5) is 14.9 Å². The minimum Gasteiger partial charge on any atom is -0.394 e. The average Bonchev–Trinajstić information content (AvgIpc) is 2.76. The largest absolute Gasteiger partial charge is 0.394 e. The van der Waals surface area contributed by atoms with E-state index in [0.717, 1.165) is 0 Å². The number of halogens is 2. The quantitative estimate of drug-likeness (QED) is 0.458. The van der Waals surface area contributed by atoms with Gasteiger partial charge in [-0.3, -0.25) is 0 Å². The van der Waals surface area contributed by atoms with Crippen molar-refractivity contribution < 1.29 is 27.4 Å². The summed E-state index contributed by atoms with van der Waals surface area (Å²) >= 11 is 5.85. The van der Waals surface area contributed by atoms with Crippen molar-refractivity contribution in [3.8, 4) is 0 Å². The number of urea groups is 1. The topological polar surface area (TPSA) is 117 Å². The smallest absolute Gasteiger partial charge is 0.319 e. The highest BCUT2D eigenvalue weighted by Crippen LogP contribution is 2.22. The van der Waals surface area contributed by atoms with Crippen molar-refractivity contribution in [1.29, 1.82) is 0 Å². The van der Waals surface area contributed by atoms with Crippen LogP contribution in [0.5, 0.6) is 0 Å². The monoisotopic (exact) mass is 485 g/mol. The number of benzene rings is 2. The predicted octanol–water partition coefficient (Wildman–Crippen LogP) is 2.88. The molecule has 1 fully saturated rings. The maximum atomic E-state index is 13.0. The number of hydrogen-bond acceptors (Lipinski definition) is 5. The Balaban J connectivity index is 1.46. The maximum Gasteiger partial charge on any atom is 0.319 e. The summed E-state index contributed by atoms with van der Waals surface area (Å²) in [7, 11) is -3.69. The Morgan fingerprint density at radius 3 is 2.62 bits per heavy atom. The number of sulfonamides is 1. The molecule has 1 saturated heterocycles. The van der Waals surface area contributed by atoms with Crippen LogP contribution in [-0.4, -0.2) is 51.0 Å². The molecule has 0 spiro atoms. The number of carbonyl (C=O) groups excluding carboxylic acids is 1. The zero-order valence-corrected chi connectivity index (χ0v) is 18.7. The number of aliphatic hydroxyl groups excluding tert-OH is 1. The second-order valence-corrected chi connectivity index (χ2v) is 9.62. The van der Waals surface area contributed by atoms with Gasteiger partial charge in [-0.25, -0.2) is 22.3 Å². The average molecular weight is 486 g/mol. The minimum absolute atomic E-state index is 0.0826. The summed E-state index contributed by atoms with van der Waals surface area (Å²) in [6.07, 6.45) is 0.639. The standard InChI is InChI=1S/C21H25ClFN3O5S/c22-14-2-1-3-18(12-14)32(29,30)24-11-10-17-8-9-19(20(13-27)31-17)26-21(28)25-16-6-4-15(23)5-7-16/h1-7,12,17,19-20,24,27H,8-11,13H2,(H2,25,26,28)/t17-,19-,20+/m0/s1. The van der Waals surface area contributed by atoms with E-state index in [1.807, 2.05) is 0 Å². The molecule has 11 heteroatoms. The first-order valence-electron chi connectivity index (χ1n) is 10.1. The van der Waals surface area contributed by atoms with Crippen LogP contribution >= 0.6 is 11.6 Å². The van der Waals surface area contributed by atoms with Crippen molar-refractivity contribution in [2.24, 2.45) is 0 Å². The Hall–Kier alpha value is -2.24. The molecular weight excluding hydrogens is 461 g/mol. The lowest BCUT2D eigenvalue weighted by atomic mass is 9.97. The molecule has 3 atom stereocenters. The third-order valence-electron chi connectivity index (χ3n) is 5.08. The van der Waals surface area contributed by atoms with Crippen molar-refractivity contribution in [2.75, 3.05) is 18.5 Å². The molecule has 1 aliphatic heterocycles. The summed E-state index contributed by atoms with van der Waals surface area (Å²) in [6, 6.07) is 10.4. The summed E-state index contributed by atoms with van der Waals surface area (Å²) in [5.41, 5.74) is 0.436. The lowest BCUT2D eigenvalue weighted by Crippen LogP contribution is -2.52. The van der Waals surface area contributed by atoms with Gasteiger partial charge in [0.15, 0.2) is 0 Å². The second-order valence-electron chi connectivity index (χ2n) is 7.41. The third kappa shape index (κ3) is 6.88. The van der Waals surface area contributed by atoms with Crippen LogP contribution in [-0.2, 0) is 14.8 Å². The fourth-order valence-electron chi connectivity index (χ4n) is 3.45. The van der Waals surface area contributed by atoms with Gasteiger partial charge in [-0.15, -0.1) is 0 Å². The number of ether oxygens (including phenoxy) is 1. The normalized spacial score (nSPS) is 21.2. The Morgan fingerprint density at radius 2 is 1.94 bits per heavy atom. The van der Waals surface area contributed by atoms with Crippen molar-refractivity contribution in [1.82, 2.24) is 10.0 Å². The van der Waals surface area contributed by atoms with Gasteiger partial charge in [0.05, 0.1) is 23.6 Å². The van der Waals surface area contributed by atoms with Gasteiger partial charge in [-0.05, 0) is 61.7 Å². The van der Waals surface area contributed by atoms with Crippen LogP contribution < -0.4 is 15.4 Å². The molecule has 2 aromatic carbocycles. The Kier molecular flexibility index (Phi) is 8.44. The molecule has 8 nitrogen and oxygen atoms in total. The summed E-state index contributed by atoms with van der Waals surface area (Å²) in [4.78, 5) is 12.3. The van der Waals surface area contributed by atoms with E-state index < -0.39 is 34.0 Å². The Bertz CT molecular complexity index is 1020. The molecule has 2 amide bonds. The zero-order chi connectivity index (χ0) is 23.1. The molecule has 4 N–H and O–H groups in total. The minimum atomic E-state index is -3.69. The van der Waals surface area contributed by atoms with Crippen LogP contribution in [0.15, 0.2) is 53.4 Å². The van der Waals surface area contributed by atoms with Gasteiger partial charge in [0, 0.05) is 17.3 Å². The van der Waals surface area contributed by atoms with E-state index in [-0.39, 0.29) is 24.2 Å². The molecule has 0 unspecified atom stereocenters. The van der Waals surface area contributed by atoms with Crippen molar-refractivity contribution in [3.63, 3.8) is 0 Å². The first-order valence-corrected chi connectivity index (χ1v) is 12.0. The summed E-state index contributed by atoms with van der Waals surface area (Å²) < 4.78 is 46.1. The molecule has 0 aliphatic carbocycles. The molecule has 32 heavy (non-hydrogen) atoms. The van der Waals surface area contributed by atoms with E-state index in [4.69, 9.17) is 16.3 Å². The number of nitrogens with one attached hydrogen (secondary N) is 3. The molecule has 0 bridgehead atoms. The van der Waals surface area contributed by atoms with Crippen molar-refractivity contribution in [3.05, 3.63) is 59.4 Å². The van der Waals surface area contributed by atoms with Gasteiger partial charge >= 0.3 is 6.03 Å². The van der Waals surface area contributed by atoms with Crippen LogP contribution in [0, 0.1) is 5.82 Å². The third-order valence-corrected chi connectivity index (χ3v) is 6.77. The number of aliphatic hydroxyl groups is 1. The molecule has 0 radical (unpaired) electrons. The first-order chi connectivity index (χ1) is 15.3. The molecule has 0 aromatic heterocycles. The van der Waals surface area contributed by atoms with Crippen LogP contribution in [0.3, 0.4) is 0 Å². The first kappa shape index (κ1) is 24.4. The lowest BCUT2D eigenvalue weighted by Gasteiger charge is -2.36. The Morgan fingerprint density at radius 1 is 1.19 bits per heavy atom. The van der Waals surface area contributed by atoms with Crippen molar-refractivity contribution >= 4 is 33.3 Å². The highest BCUT2D eigenvalue weighted by Gasteiger charge is 2.32. The van der Waals surface area contributed by atoms with Crippen molar-refractivity contribution in [2.45, 2.75) is 42.4 Å². The molecule has 1 aliphatic rings. The molecule has 0 saturated carbocycles. The number of anilines is 1. The molecule has 3 rings (SSSR count). The molecule has 174 valence electrons. The molecule has 2 aromatic rings. The summed E-state index contributed by atoms with van der Waals surface area (Å²) in [5.74, 6) is -0.405. The van der Waals surface area contributed by atoms with E-state index >= 15 is 0 Å². The van der Waals surface area contributed by atoms with Gasteiger partial charge in [0.2, 0.25) is 10.0 Å². The van der Waals surface area contributed by atoms with Gasteiger partial charge < -0.3 is 20.5 Å². The number of carbonyl (C=O) groups is 1. The van der Waals surface area contributed by atoms with Gasteiger partial charge in [0.1, 0.15) is 11.9 Å². The predicted molar refractivity (Wildman–Crippen MR) is 119 cm³/mol. The molecular formula is C21H25ClFN3O5S. The highest BCUT2D eigenvalue weighted by atomic mass is 35.5. The van der Waals surface area contributed by atoms with E-state index in [2.05, 4.69) is 15.4 Å². The van der Waals surface area contributed by atoms with E-state index in [1.54, 1.807) is 12.1 Å². The van der Waals surface area contributed by atoms with Gasteiger partial charge in [-0.2, -0.15) is 0 Å².